The molecule has 6 heteroatoms. The van der Waals surface area contributed by atoms with Crippen LogP contribution in [0.25, 0.3) is 0 Å². The van der Waals surface area contributed by atoms with Gasteiger partial charge in [0.1, 0.15) is 0 Å². The van der Waals surface area contributed by atoms with Gasteiger partial charge in [-0.2, -0.15) is 0 Å². The Morgan fingerprint density at radius 3 is 2.53 bits per heavy atom. The standard InChI is InChI=1S/C9H10N2O4/c1-7(10(12)13)5-8-3-2-4-9(6-8)11(14)15/h2-4,6-7H,5H2,1H3. The van der Waals surface area contributed by atoms with Crippen molar-refractivity contribution in [3.05, 3.63) is 50.1 Å². The first kappa shape index (κ1) is 11.1. The van der Waals surface area contributed by atoms with Crippen LogP contribution in [0.5, 0.6) is 0 Å². The second-order valence-corrected chi connectivity index (χ2v) is 3.27. The second-order valence-electron chi connectivity index (χ2n) is 3.27. The molecule has 0 spiro atoms. The molecule has 0 amide bonds. The molecule has 1 atom stereocenters. The van der Waals surface area contributed by atoms with Gasteiger partial charge in [0.25, 0.3) is 5.69 Å². The fourth-order valence-corrected chi connectivity index (χ4v) is 1.21. The van der Waals surface area contributed by atoms with Crippen LogP contribution in [0.15, 0.2) is 24.3 Å². The summed E-state index contributed by atoms with van der Waals surface area (Å²) in [5.41, 5.74) is 0.566. The van der Waals surface area contributed by atoms with Gasteiger partial charge in [-0.3, -0.25) is 20.2 Å². The maximum Gasteiger partial charge on any atom is 0.269 e. The molecule has 1 unspecified atom stereocenters. The molecule has 0 aliphatic carbocycles. The fourth-order valence-electron chi connectivity index (χ4n) is 1.21. The summed E-state index contributed by atoms with van der Waals surface area (Å²) in [5.74, 6) is 0. The molecule has 1 rings (SSSR count). The van der Waals surface area contributed by atoms with Crippen molar-refractivity contribution in [2.75, 3.05) is 0 Å². The van der Waals surface area contributed by atoms with Crippen LogP contribution in [0.1, 0.15) is 12.5 Å². The van der Waals surface area contributed by atoms with E-state index in [0.29, 0.717) is 5.56 Å². The largest absolute Gasteiger partial charge is 0.269 e. The molecule has 1 aromatic rings. The number of benzene rings is 1. The molecule has 0 aromatic heterocycles. The van der Waals surface area contributed by atoms with E-state index in [0.717, 1.165) is 0 Å². The number of nitro groups is 2. The summed E-state index contributed by atoms with van der Waals surface area (Å²) >= 11 is 0. The summed E-state index contributed by atoms with van der Waals surface area (Å²) in [6, 6.07) is 5.17. The summed E-state index contributed by atoms with van der Waals surface area (Å²) in [5, 5.41) is 20.8. The highest BCUT2D eigenvalue weighted by Gasteiger charge is 2.15. The molecule has 0 heterocycles. The molecule has 0 radical (unpaired) electrons. The number of non-ortho nitro benzene ring substituents is 1. The Labute approximate surface area is 85.8 Å². The zero-order chi connectivity index (χ0) is 11.4. The zero-order valence-corrected chi connectivity index (χ0v) is 8.12. The SMILES string of the molecule is CC(Cc1cccc([N+](=O)[O-])c1)[N+](=O)[O-]. The predicted octanol–water partition coefficient (Wildman–Crippen LogP) is 1.80. The molecule has 15 heavy (non-hydrogen) atoms. The van der Waals surface area contributed by atoms with Gasteiger partial charge >= 0.3 is 0 Å². The average Bonchev–Trinajstić information content (AvgIpc) is 2.18. The normalized spacial score (nSPS) is 12.1. The van der Waals surface area contributed by atoms with Crippen molar-refractivity contribution in [2.45, 2.75) is 19.4 Å². The van der Waals surface area contributed by atoms with Crippen LogP contribution in [0.4, 0.5) is 5.69 Å². The van der Waals surface area contributed by atoms with Crippen LogP contribution < -0.4 is 0 Å². The molecule has 0 N–H and O–H groups in total. The Balaban J connectivity index is 2.82. The van der Waals surface area contributed by atoms with Crippen molar-refractivity contribution < 1.29 is 9.85 Å². The average molecular weight is 210 g/mol. The van der Waals surface area contributed by atoms with Gasteiger partial charge in [-0.05, 0) is 5.56 Å². The number of hydrogen-bond donors (Lipinski definition) is 0. The van der Waals surface area contributed by atoms with Crippen molar-refractivity contribution in [2.24, 2.45) is 0 Å². The Morgan fingerprint density at radius 1 is 1.33 bits per heavy atom. The first-order valence-electron chi connectivity index (χ1n) is 4.37. The van der Waals surface area contributed by atoms with Gasteiger partial charge in [0.15, 0.2) is 0 Å². The van der Waals surface area contributed by atoms with Crippen molar-refractivity contribution in [1.29, 1.82) is 0 Å². The summed E-state index contributed by atoms with van der Waals surface area (Å²) < 4.78 is 0. The lowest BCUT2D eigenvalue weighted by atomic mass is 10.1. The minimum atomic E-state index is -0.730. The fraction of sp³-hybridized carbons (Fsp3) is 0.333. The molecule has 1 aromatic carbocycles. The minimum Gasteiger partial charge on any atom is -0.264 e. The lowest BCUT2D eigenvalue weighted by molar-refractivity contribution is -0.517. The highest BCUT2D eigenvalue weighted by atomic mass is 16.6. The van der Waals surface area contributed by atoms with Gasteiger partial charge in [0.2, 0.25) is 6.04 Å². The molecule has 0 bridgehead atoms. The third-order valence-electron chi connectivity index (χ3n) is 2.01. The molecule has 0 aliphatic heterocycles. The Morgan fingerprint density at radius 2 is 2.00 bits per heavy atom. The molecule has 0 aliphatic rings. The van der Waals surface area contributed by atoms with E-state index >= 15 is 0 Å². The third-order valence-corrected chi connectivity index (χ3v) is 2.01. The van der Waals surface area contributed by atoms with Crippen LogP contribution in [0.3, 0.4) is 0 Å². The topological polar surface area (TPSA) is 86.3 Å². The number of nitro benzene ring substituents is 1. The van der Waals surface area contributed by atoms with E-state index in [4.69, 9.17) is 0 Å². The Bertz CT molecular complexity index is 391. The van der Waals surface area contributed by atoms with E-state index in [1.807, 2.05) is 0 Å². The quantitative estimate of drug-likeness (QED) is 0.560. The van der Waals surface area contributed by atoms with Crippen LogP contribution in [0, 0.1) is 20.2 Å². The Hall–Kier alpha value is -1.98. The van der Waals surface area contributed by atoms with E-state index < -0.39 is 15.9 Å². The second kappa shape index (κ2) is 4.50. The first-order chi connectivity index (χ1) is 7.00. The molecule has 0 saturated carbocycles. The summed E-state index contributed by atoms with van der Waals surface area (Å²) in [6.45, 7) is 1.47. The van der Waals surface area contributed by atoms with Crippen LogP contribution in [-0.4, -0.2) is 15.9 Å². The number of hydrogen-bond acceptors (Lipinski definition) is 4. The summed E-state index contributed by atoms with van der Waals surface area (Å²) in [4.78, 5) is 19.9. The van der Waals surface area contributed by atoms with Gasteiger partial charge in [-0.15, -0.1) is 0 Å². The van der Waals surface area contributed by atoms with Crippen LogP contribution in [-0.2, 0) is 6.42 Å². The summed E-state index contributed by atoms with van der Waals surface area (Å²) in [7, 11) is 0. The van der Waals surface area contributed by atoms with Gasteiger partial charge in [-0.25, -0.2) is 0 Å². The molecular weight excluding hydrogens is 200 g/mol. The molecule has 6 nitrogen and oxygen atoms in total. The molecule has 0 fully saturated rings. The maximum atomic E-state index is 10.4. The summed E-state index contributed by atoms with van der Waals surface area (Å²) in [6.07, 6.45) is 0.203. The van der Waals surface area contributed by atoms with E-state index in [-0.39, 0.29) is 12.1 Å². The highest BCUT2D eigenvalue weighted by Crippen LogP contribution is 2.14. The van der Waals surface area contributed by atoms with Crippen LogP contribution >= 0.6 is 0 Å². The van der Waals surface area contributed by atoms with Gasteiger partial charge in [0.05, 0.1) is 4.92 Å². The van der Waals surface area contributed by atoms with E-state index in [2.05, 4.69) is 0 Å². The van der Waals surface area contributed by atoms with E-state index in [1.165, 1.54) is 25.1 Å². The maximum absolute atomic E-state index is 10.4. The minimum absolute atomic E-state index is 0.0388. The van der Waals surface area contributed by atoms with Gasteiger partial charge in [0, 0.05) is 30.4 Å². The van der Waals surface area contributed by atoms with E-state index in [1.54, 1.807) is 6.07 Å². The highest BCUT2D eigenvalue weighted by molar-refractivity contribution is 5.34. The number of nitrogens with zero attached hydrogens (tertiary/aromatic N) is 2. The smallest absolute Gasteiger partial charge is 0.264 e. The Kier molecular flexibility index (Phi) is 3.33. The van der Waals surface area contributed by atoms with Crippen molar-refractivity contribution in [3.63, 3.8) is 0 Å². The van der Waals surface area contributed by atoms with Gasteiger partial charge in [-0.1, -0.05) is 12.1 Å². The molecule has 80 valence electrons. The third kappa shape index (κ3) is 3.01. The predicted molar refractivity (Wildman–Crippen MR) is 53.3 cm³/mol. The van der Waals surface area contributed by atoms with Gasteiger partial charge < -0.3 is 0 Å². The lowest BCUT2D eigenvalue weighted by Gasteiger charge is -2.03. The molecular formula is C9H10N2O4. The lowest BCUT2D eigenvalue weighted by Crippen LogP contribution is -2.17. The number of rotatable bonds is 4. The monoisotopic (exact) mass is 210 g/mol. The molecule has 0 saturated heterocycles. The van der Waals surface area contributed by atoms with Crippen molar-refractivity contribution in [3.8, 4) is 0 Å². The van der Waals surface area contributed by atoms with Crippen molar-refractivity contribution in [1.82, 2.24) is 0 Å². The van der Waals surface area contributed by atoms with E-state index in [9.17, 15) is 20.2 Å². The zero-order valence-electron chi connectivity index (χ0n) is 8.12. The first-order valence-corrected chi connectivity index (χ1v) is 4.37. The van der Waals surface area contributed by atoms with Crippen molar-refractivity contribution >= 4 is 5.69 Å². The van der Waals surface area contributed by atoms with Crippen LogP contribution in [0.2, 0.25) is 0 Å².